The minimum absolute atomic E-state index is 0.0682. The van der Waals surface area contributed by atoms with Gasteiger partial charge in [0.05, 0.1) is 75.8 Å². The van der Waals surface area contributed by atoms with Gasteiger partial charge < -0.3 is 170 Å². The van der Waals surface area contributed by atoms with Crippen molar-refractivity contribution in [3.63, 3.8) is 0 Å². The van der Waals surface area contributed by atoms with Crippen LogP contribution in [0, 0.1) is 5.41 Å². The van der Waals surface area contributed by atoms with E-state index in [9.17, 15) is 149 Å². The molecule has 0 radical (unpaired) electrons. The molecule has 46 nitrogen and oxygen atoms in total. The molecule has 0 fully saturated rings. The standard InChI is InChI=1S/C24H20ClNO10.C24H21NO10.C23H27NO10.C22H25NO12/c25-16-3-1-2-4-21(16)36-24(33)26-11-15(35-23(32)14-6-8-18(28)20(30)10-14)12-34-22(31)13-5-7-17(27)19(29)9-13;26-18-8-6-14(10-20(18)28)22(30)33-13-17(12-25-24(32)35-16-4-2-1-3-5-16)34-23(31)15-7-9-19(27)21(29)11-15;1-23(2,3)12-33-22(31)24-10-15(34-21(30)14-5-7-17(26)19(28)9-14)11-32-20(29)13-4-6-16(25)18(27)8-13;1-22(2,3)35-21(32)23-12(8-33-19(30)10-4-13(24)17(28)14(25)5-10)9-34-20(31)11-6-15(26)18(29)16(27)7-11/h1-10,15,27-30H,11-12H2,(H,26,33);1-11,17,26-29H,12-13H2,(H,25,32);4-9,15,25-28H,10-12H2,1-3H3,(H,24,31);4-7,12,24-29H,8-9H2,1-3H3,(H,23,32). The SMILES string of the molecule is CC(C)(C)COC(=O)NCC(COC(=O)c1ccc(O)c(O)c1)OC(=O)c1ccc(O)c(O)c1.CC(C)(C)OC(=O)NC(COC(=O)c1cc(O)c(O)c(O)c1)COC(=O)c1cc(O)c(O)c(O)c1.O=C(NCC(COC(=O)c1ccc(O)c(O)c1)OC(=O)c1ccc(O)c(O)c1)Oc1ccccc1.O=C(NCC(COC(=O)c1ccc(O)c(O)c1)OC(=O)c1ccc(O)c(O)c1)Oc1ccccc1Cl. The number of esters is 8. The van der Waals surface area contributed by atoms with Crippen molar-refractivity contribution in [2.45, 2.75) is 71.5 Å². The van der Waals surface area contributed by atoms with Gasteiger partial charge in [0.2, 0.25) is 0 Å². The van der Waals surface area contributed by atoms with Gasteiger partial charge in [0.15, 0.2) is 128 Å². The van der Waals surface area contributed by atoms with Crippen LogP contribution in [0.25, 0.3) is 0 Å². The topological polar surface area (TPSA) is 728 Å². The zero-order valence-electron chi connectivity index (χ0n) is 74.3. The van der Waals surface area contributed by atoms with Crippen molar-refractivity contribution in [2.75, 3.05) is 59.3 Å². The summed E-state index contributed by atoms with van der Waals surface area (Å²) in [4.78, 5) is 147. The summed E-state index contributed by atoms with van der Waals surface area (Å²) < 4.78 is 61.7. The monoisotopic (exact) mass is 1970 g/mol. The lowest BCUT2D eigenvalue weighted by atomic mass is 9.99. The summed E-state index contributed by atoms with van der Waals surface area (Å²) in [5, 5.41) is 180. The number of para-hydroxylation sites is 2. The molecule has 47 heteroatoms. The Kier molecular flexibility index (Phi) is 39.4. The number of phenolic OH excluding ortho intramolecular Hbond substituents is 18. The van der Waals surface area contributed by atoms with Gasteiger partial charge in [0, 0.05) is 0 Å². The number of amides is 4. The molecule has 10 aromatic carbocycles. The highest BCUT2D eigenvalue weighted by molar-refractivity contribution is 6.32. The summed E-state index contributed by atoms with van der Waals surface area (Å²) in [5.74, 6) is -17.8. The maximum Gasteiger partial charge on any atom is 0.412 e. The number of hydrogen-bond donors (Lipinski definition) is 22. The molecular formula is C93H93ClN4O42. The number of benzene rings is 10. The first-order valence-electron chi connectivity index (χ1n) is 40.6. The summed E-state index contributed by atoms with van der Waals surface area (Å²) in [6, 6.07) is 36.4. The fraction of sp³-hybridized carbons (Fsp3) is 0.226. The second-order valence-electron chi connectivity index (χ2n) is 31.2. The van der Waals surface area contributed by atoms with E-state index in [0.29, 0.717) is 0 Å². The van der Waals surface area contributed by atoms with E-state index in [1.54, 1.807) is 63.2 Å². The molecule has 10 aromatic rings. The molecule has 0 aromatic heterocycles. The Morgan fingerprint density at radius 1 is 0.286 bits per heavy atom. The molecule has 0 aliphatic carbocycles. The molecule has 4 amide bonds. The Hall–Kier alpha value is -18.3. The second kappa shape index (κ2) is 50.7. The number of nitrogens with one attached hydrogen (secondary N) is 4. The van der Waals surface area contributed by atoms with Gasteiger partial charge in [-0.05, 0) is 184 Å². The van der Waals surface area contributed by atoms with Gasteiger partial charge in [-0.1, -0.05) is 62.7 Å². The number of phenols is 18. The summed E-state index contributed by atoms with van der Waals surface area (Å²) in [5.41, 5.74) is -2.33. The van der Waals surface area contributed by atoms with Gasteiger partial charge >= 0.3 is 72.1 Å². The Labute approximate surface area is 796 Å². The van der Waals surface area contributed by atoms with E-state index in [0.717, 1.165) is 97.1 Å². The molecule has 0 aliphatic rings. The average Bonchev–Trinajstić information content (AvgIpc) is 0.786. The molecule has 3 atom stereocenters. The molecule has 744 valence electrons. The predicted molar refractivity (Wildman–Crippen MR) is 478 cm³/mol. The molecule has 0 bridgehead atoms. The van der Waals surface area contributed by atoms with Gasteiger partial charge in [-0.15, -0.1) is 0 Å². The van der Waals surface area contributed by atoms with Gasteiger partial charge in [0.25, 0.3) is 0 Å². The van der Waals surface area contributed by atoms with Crippen LogP contribution in [0.15, 0.2) is 188 Å². The minimum atomic E-state index is -1.22. The number of rotatable bonds is 31. The Bertz CT molecular complexity index is 6000. The molecule has 10 rings (SSSR count). The highest BCUT2D eigenvalue weighted by Crippen LogP contribution is 2.39. The van der Waals surface area contributed by atoms with E-state index in [4.69, 9.17) is 68.4 Å². The van der Waals surface area contributed by atoms with Gasteiger partial charge in [-0.3, -0.25) is 0 Å². The Morgan fingerprint density at radius 3 is 0.857 bits per heavy atom. The van der Waals surface area contributed by atoms with E-state index in [1.807, 2.05) is 20.8 Å². The van der Waals surface area contributed by atoms with E-state index in [-0.39, 0.29) is 92.7 Å². The highest BCUT2D eigenvalue weighted by atomic mass is 35.5. The van der Waals surface area contributed by atoms with Crippen molar-refractivity contribution in [2.24, 2.45) is 5.41 Å². The summed E-state index contributed by atoms with van der Waals surface area (Å²) in [7, 11) is 0. The van der Waals surface area contributed by atoms with Crippen LogP contribution in [-0.4, -0.2) is 253 Å². The summed E-state index contributed by atoms with van der Waals surface area (Å²) >= 11 is 5.95. The van der Waals surface area contributed by atoms with Crippen LogP contribution in [0.1, 0.15) is 124 Å². The maximum atomic E-state index is 12.5. The number of carbonyl (C=O) groups excluding carboxylic acids is 12. The fourth-order valence-electron chi connectivity index (χ4n) is 10.5. The first-order chi connectivity index (χ1) is 65.9. The molecule has 0 heterocycles. The van der Waals surface area contributed by atoms with Crippen LogP contribution in [0.4, 0.5) is 19.2 Å². The first-order valence-corrected chi connectivity index (χ1v) is 41.0. The third-order valence-electron chi connectivity index (χ3n) is 17.5. The number of alkyl carbamates (subject to hydrolysis) is 2. The zero-order chi connectivity index (χ0) is 104. The van der Waals surface area contributed by atoms with E-state index in [2.05, 4.69) is 21.3 Å². The highest BCUT2D eigenvalue weighted by Gasteiger charge is 2.30. The van der Waals surface area contributed by atoms with Crippen LogP contribution in [0.3, 0.4) is 0 Å². The second-order valence-corrected chi connectivity index (χ2v) is 31.6. The van der Waals surface area contributed by atoms with Crippen LogP contribution < -0.4 is 30.7 Å². The molecule has 0 saturated carbocycles. The molecule has 0 aliphatic heterocycles. The molecule has 140 heavy (non-hydrogen) atoms. The van der Waals surface area contributed by atoms with Crippen molar-refractivity contribution in [1.29, 1.82) is 0 Å². The van der Waals surface area contributed by atoms with Gasteiger partial charge in [-0.2, -0.15) is 0 Å². The zero-order valence-corrected chi connectivity index (χ0v) is 75.1. The molecule has 3 unspecified atom stereocenters. The van der Waals surface area contributed by atoms with Crippen molar-refractivity contribution in [1.82, 2.24) is 21.3 Å². The first kappa shape index (κ1) is 109. The lowest BCUT2D eigenvalue weighted by Crippen LogP contribution is -2.44. The predicted octanol–water partition coefficient (Wildman–Crippen LogP) is 10.5. The Morgan fingerprint density at radius 2 is 0.557 bits per heavy atom. The van der Waals surface area contributed by atoms with Crippen molar-refractivity contribution in [3.8, 4) is 115 Å². The van der Waals surface area contributed by atoms with Crippen molar-refractivity contribution < 1.29 is 206 Å². The number of halogens is 1. The molecule has 22 N–H and O–H groups in total. The van der Waals surface area contributed by atoms with E-state index < -0.39 is 239 Å². The van der Waals surface area contributed by atoms with E-state index in [1.165, 1.54) is 48.5 Å². The van der Waals surface area contributed by atoms with Crippen molar-refractivity contribution >= 4 is 83.7 Å². The summed E-state index contributed by atoms with van der Waals surface area (Å²) in [6.45, 7) is 7.03. The van der Waals surface area contributed by atoms with Gasteiger partial charge in [-0.25, -0.2) is 57.5 Å². The number of aromatic hydroxyl groups is 18. The molecule has 0 saturated heterocycles. The van der Waals surface area contributed by atoms with Crippen LogP contribution in [0.5, 0.6) is 115 Å². The number of hydrogen-bond acceptors (Lipinski definition) is 42. The third-order valence-corrected chi connectivity index (χ3v) is 17.8. The normalized spacial score (nSPS) is 11.3. The largest absolute Gasteiger partial charge is 0.504 e. The lowest BCUT2D eigenvalue weighted by Gasteiger charge is -2.23. The smallest absolute Gasteiger partial charge is 0.412 e. The maximum absolute atomic E-state index is 12.5. The van der Waals surface area contributed by atoms with Crippen LogP contribution in [0.2, 0.25) is 5.02 Å². The minimum Gasteiger partial charge on any atom is -0.504 e. The van der Waals surface area contributed by atoms with Crippen LogP contribution in [-0.2, 0) is 47.4 Å². The molecule has 0 spiro atoms. The quantitative estimate of drug-likeness (QED) is 0.0109. The third kappa shape index (κ3) is 35.6. The Balaban J connectivity index is 0.000000254. The lowest BCUT2D eigenvalue weighted by molar-refractivity contribution is -0.000599. The molecular weight excluding hydrogens is 1880 g/mol. The van der Waals surface area contributed by atoms with E-state index >= 15 is 0 Å². The number of ether oxygens (including phenoxy) is 12. The summed E-state index contributed by atoms with van der Waals surface area (Å²) in [6.07, 6.45) is -7.03. The fourth-order valence-corrected chi connectivity index (χ4v) is 10.7. The average molecular weight is 1970 g/mol. The van der Waals surface area contributed by atoms with Crippen molar-refractivity contribution in [3.05, 3.63) is 238 Å². The van der Waals surface area contributed by atoms with Gasteiger partial charge in [0.1, 0.15) is 50.4 Å². The number of carbonyl (C=O) groups is 12. The van der Waals surface area contributed by atoms with Crippen LogP contribution >= 0.6 is 11.6 Å².